The smallest absolute Gasteiger partial charge is 0.253 e. The molecule has 31 heavy (non-hydrogen) atoms. The summed E-state index contributed by atoms with van der Waals surface area (Å²) < 4.78 is 13.7. The van der Waals surface area contributed by atoms with Gasteiger partial charge in [-0.15, -0.1) is 0 Å². The van der Waals surface area contributed by atoms with Crippen LogP contribution in [0.2, 0.25) is 0 Å². The summed E-state index contributed by atoms with van der Waals surface area (Å²) in [5.74, 6) is 1.42. The van der Waals surface area contributed by atoms with E-state index in [0.717, 1.165) is 33.8 Å². The number of hydrogen-bond acceptors (Lipinski definition) is 4. The van der Waals surface area contributed by atoms with Crippen LogP contribution < -0.4 is 4.90 Å². The second kappa shape index (κ2) is 8.84. The van der Waals surface area contributed by atoms with Gasteiger partial charge in [0.25, 0.3) is 5.91 Å². The van der Waals surface area contributed by atoms with Crippen molar-refractivity contribution in [3.8, 4) is 0 Å². The third kappa shape index (κ3) is 4.74. The molecule has 5 nitrogen and oxygen atoms in total. The number of hydrogen-bond donors (Lipinski definition) is 0. The molecule has 0 atom stereocenters. The minimum Gasteiger partial charge on any atom is -0.353 e. The van der Waals surface area contributed by atoms with Gasteiger partial charge in [0.1, 0.15) is 17.5 Å². The van der Waals surface area contributed by atoms with Crippen molar-refractivity contribution in [3.05, 3.63) is 88.1 Å². The number of amides is 1. The first kappa shape index (κ1) is 21.0. The Hall–Kier alpha value is -3.28. The van der Waals surface area contributed by atoms with Crippen LogP contribution >= 0.6 is 0 Å². The number of aryl methyl sites for hydroxylation is 3. The van der Waals surface area contributed by atoms with Crippen molar-refractivity contribution in [2.24, 2.45) is 0 Å². The summed E-state index contributed by atoms with van der Waals surface area (Å²) in [4.78, 5) is 26.2. The normalized spacial score (nSPS) is 14.1. The Morgan fingerprint density at radius 3 is 2.35 bits per heavy atom. The summed E-state index contributed by atoms with van der Waals surface area (Å²) in [6.45, 7) is 8.54. The number of nitrogens with zero attached hydrogens (tertiary/aromatic N) is 4. The predicted octanol–water partition coefficient (Wildman–Crippen LogP) is 4.09. The lowest BCUT2D eigenvalue weighted by Gasteiger charge is -2.36. The van der Waals surface area contributed by atoms with E-state index < -0.39 is 0 Å². The molecule has 4 rings (SSSR count). The Morgan fingerprint density at radius 1 is 0.968 bits per heavy atom. The van der Waals surface area contributed by atoms with Crippen LogP contribution in [0.25, 0.3) is 0 Å². The van der Waals surface area contributed by atoms with E-state index in [1.807, 2.05) is 56.0 Å². The van der Waals surface area contributed by atoms with Gasteiger partial charge in [0, 0.05) is 49.4 Å². The van der Waals surface area contributed by atoms with Crippen molar-refractivity contribution in [1.29, 1.82) is 0 Å². The Bertz CT molecular complexity index is 1090. The molecule has 6 heteroatoms. The molecule has 1 saturated heterocycles. The van der Waals surface area contributed by atoms with Crippen molar-refractivity contribution in [3.63, 3.8) is 0 Å². The average molecular weight is 419 g/mol. The van der Waals surface area contributed by atoms with Crippen molar-refractivity contribution in [1.82, 2.24) is 14.9 Å². The first-order valence-corrected chi connectivity index (χ1v) is 10.6. The van der Waals surface area contributed by atoms with Gasteiger partial charge in [0.05, 0.1) is 0 Å². The highest BCUT2D eigenvalue weighted by Gasteiger charge is 2.25. The van der Waals surface area contributed by atoms with E-state index in [9.17, 15) is 9.18 Å². The van der Waals surface area contributed by atoms with E-state index in [0.29, 0.717) is 38.4 Å². The molecule has 0 radical (unpaired) electrons. The van der Waals surface area contributed by atoms with Gasteiger partial charge in [-0.1, -0.05) is 29.8 Å². The summed E-state index contributed by atoms with van der Waals surface area (Å²) >= 11 is 0. The van der Waals surface area contributed by atoms with Gasteiger partial charge in [-0.25, -0.2) is 14.4 Å². The van der Waals surface area contributed by atoms with Gasteiger partial charge >= 0.3 is 0 Å². The fraction of sp³-hybridized carbons (Fsp3) is 0.320. The highest BCUT2D eigenvalue weighted by molar-refractivity contribution is 5.94. The van der Waals surface area contributed by atoms with Crippen LogP contribution in [0.3, 0.4) is 0 Å². The number of piperazine rings is 1. The van der Waals surface area contributed by atoms with Crippen LogP contribution in [0.5, 0.6) is 0 Å². The van der Waals surface area contributed by atoms with Crippen molar-refractivity contribution in [2.45, 2.75) is 27.2 Å². The van der Waals surface area contributed by atoms with E-state index in [4.69, 9.17) is 4.98 Å². The zero-order valence-electron chi connectivity index (χ0n) is 18.2. The monoisotopic (exact) mass is 418 g/mol. The van der Waals surface area contributed by atoms with Gasteiger partial charge in [-0.3, -0.25) is 4.79 Å². The number of carbonyl (C=O) groups is 1. The minimum absolute atomic E-state index is 0.0645. The molecule has 2 heterocycles. The summed E-state index contributed by atoms with van der Waals surface area (Å²) in [5.41, 5.74) is 4.67. The quantitative estimate of drug-likeness (QED) is 0.640. The molecule has 1 aliphatic rings. The topological polar surface area (TPSA) is 49.3 Å². The highest BCUT2D eigenvalue weighted by atomic mass is 19.1. The van der Waals surface area contributed by atoms with Crippen molar-refractivity contribution in [2.75, 3.05) is 31.1 Å². The third-order valence-corrected chi connectivity index (χ3v) is 5.74. The van der Waals surface area contributed by atoms with Crippen LogP contribution in [0.1, 0.15) is 38.6 Å². The number of anilines is 1. The second-order valence-electron chi connectivity index (χ2n) is 8.11. The third-order valence-electron chi connectivity index (χ3n) is 5.74. The fourth-order valence-electron chi connectivity index (χ4n) is 4.04. The zero-order valence-corrected chi connectivity index (χ0v) is 18.2. The summed E-state index contributed by atoms with van der Waals surface area (Å²) in [6, 6.07) is 14.4. The molecule has 160 valence electrons. The molecule has 1 aromatic heterocycles. The Labute approximate surface area is 182 Å². The summed E-state index contributed by atoms with van der Waals surface area (Å²) in [5, 5.41) is 0. The maximum Gasteiger partial charge on any atom is 0.253 e. The average Bonchev–Trinajstić information content (AvgIpc) is 2.76. The standard InChI is InChI=1S/C25H27FN4O/c1-17-7-9-21(10-8-17)25(31)30-13-11-29(12-14-30)24-23(18(2)27-19(3)28-24)16-20-5-4-6-22(26)15-20/h4-10,15H,11-14,16H2,1-3H3. The number of rotatable bonds is 4. The van der Waals surface area contributed by atoms with Crippen LogP contribution in [0, 0.1) is 26.6 Å². The lowest BCUT2D eigenvalue weighted by Crippen LogP contribution is -2.49. The molecular weight excluding hydrogens is 391 g/mol. The first-order chi connectivity index (χ1) is 14.9. The van der Waals surface area contributed by atoms with Crippen LogP contribution in [0.15, 0.2) is 48.5 Å². The number of benzene rings is 2. The summed E-state index contributed by atoms with van der Waals surface area (Å²) in [7, 11) is 0. The first-order valence-electron chi connectivity index (χ1n) is 10.6. The Kier molecular flexibility index (Phi) is 5.98. The fourth-order valence-corrected chi connectivity index (χ4v) is 4.04. The van der Waals surface area contributed by atoms with Gasteiger partial charge in [0.15, 0.2) is 0 Å². The van der Waals surface area contributed by atoms with Crippen LogP contribution in [-0.4, -0.2) is 47.0 Å². The molecule has 3 aromatic rings. The maximum absolute atomic E-state index is 13.7. The molecule has 1 aliphatic heterocycles. The predicted molar refractivity (Wildman–Crippen MR) is 120 cm³/mol. The lowest BCUT2D eigenvalue weighted by atomic mass is 10.0. The molecule has 0 bridgehead atoms. The molecule has 0 spiro atoms. The van der Waals surface area contributed by atoms with E-state index >= 15 is 0 Å². The summed E-state index contributed by atoms with van der Waals surface area (Å²) in [6.07, 6.45) is 0.571. The number of aromatic nitrogens is 2. The second-order valence-corrected chi connectivity index (χ2v) is 8.11. The highest BCUT2D eigenvalue weighted by Crippen LogP contribution is 2.25. The van der Waals surface area contributed by atoms with Gasteiger partial charge < -0.3 is 9.80 Å². The Balaban J connectivity index is 1.52. The molecule has 0 N–H and O–H groups in total. The zero-order chi connectivity index (χ0) is 22.0. The molecule has 2 aromatic carbocycles. The van der Waals surface area contributed by atoms with E-state index in [2.05, 4.69) is 9.88 Å². The van der Waals surface area contributed by atoms with Gasteiger partial charge in [-0.05, 0) is 50.6 Å². The largest absolute Gasteiger partial charge is 0.353 e. The van der Waals surface area contributed by atoms with Crippen LogP contribution in [-0.2, 0) is 6.42 Å². The molecule has 0 unspecified atom stereocenters. The van der Waals surface area contributed by atoms with Crippen LogP contribution in [0.4, 0.5) is 10.2 Å². The SMILES string of the molecule is Cc1ccc(C(=O)N2CCN(c3nc(C)nc(C)c3Cc3cccc(F)c3)CC2)cc1. The minimum atomic E-state index is -0.243. The maximum atomic E-state index is 13.7. The van der Waals surface area contributed by atoms with Crippen molar-refractivity contribution >= 4 is 11.7 Å². The van der Waals surface area contributed by atoms with Gasteiger partial charge in [0.2, 0.25) is 0 Å². The number of halogens is 1. The van der Waals surface area contributed by atoms with Crippen molar-refractivity contribution < 1.29 is 9.18 Å². The molecule has 0 aliphatic carbocycles. The van der Waals surface area contributed by atoms with Gasteiger partial charge in [-0.2, -0.15) is 0 Å². The van der Waals surface area contributed by atoms with E-state index in [-0.39, 0.29) is 11.7 Å². The molecule has 1 fully saturated rings. The lowest BCUT2D eigenvalue weighted by molar-refractivity contribution is 0.0746. The molecule has 1 amide bonds. The molecular formula is C25H27FN4O. The van der Waals surface area contributed by atoms with E-state index in [1.165, 1.54) is 6.07 Å². The molecule has 0 saturated carbocycles. The number of carbonyl (C=O) groups excluding carboxylic acids is 1. The Morgan fingerprint density at radius 2 is 1.68 bits per heavy atom. The van der Waals surface area contributed by atoms with E-state index in [1.54, 1.807) is 12.1 Å².